The summed E-state index contributed by atoms with van der Waals surface area (Å²) in [4.78, 5) is 24.4. The number of carbonyl (C=O) groups is 2. The predicted molar refractivity (Wildman–Crippen MR) is 102 cm³/mol. The maximum Gasteiger partial charge on any atom is 0.327 e. The lowest BCUT2D eigenvalue weighted by Gasteiger charge is -2.40. The van der Waals surface area contributed by atoms with Crippen molar-refractivity contribution in [3.63, 3.8) is 0 Å². The third-order valence-electron chi connectivity index (χ3n) is 4.74. The summed E-state index contributed by atoms with van der Waals surface area (Å²) in [6.07, 6.45) is 1.66. The normalized spacial score (nSPS) is 21.9. The molecule has 2 rings (SSSR count). The molecule has 9 heteroatoms. The summed E-state index contributed by atoms with van der Waals surface area (Å²) in [6.45, 7) is 1.87. The Labute approximate surface area is 164 Å². The zero-order valence-electron chi connectivity index (χ0n) is 15.9. The van der Waals surface area contributed by atoms with E-state index in [9.17, 15) is 18.0 Å². The number of nitrogens with one attached hydrogen (secondary N) is 1. The molecule has 0 saturated heterocycles. The number of nitrogens with two attached hydrogens (primary N) is 1. The molecule has 0 heterocycles. The molecule has 0 radical (unpaired) electrons. The molecule has 2 atom stereocenters. The van der Waals surface area contributed by atoms with Crippen LogP contribution in [-0.4, -0.2) is 39.5 Å². The molecule has 3 N–H and O–H groups in total. The minimum absolute atomic E-state index is 0.0708. The van der Waals surface area contributed by atoms with Crippen LogP contribution in [0.15, 0.2) is 29.2 Å². The van der Waals surface area contributed by atoms with E-state index in [2.05, 4.69) is 16.6 Å². The number of esters is 1. The zero-order valence-corrected chi connectivity index (χ0v) is 16.7. The number of hydrogen-bond acceptors (Lipinski definition) is 6. The van der Waals surface area contributed by atoms with Crippen molar-refractivity contribution < 1.29 is 27.5 Å². The highest BCUT2D eigenvalue weighted by Gasteiger charge is 2.53. The summed E-state index contributed by atoms with van der Waals surface area (Å²) in [6, 6.07) is 5.68. The van der Waals surface area contributed by atoms with E-state index in [1.165, 1.54) is 24.3 Å². The molecule has 152 valence electrons. The van der Waals surface area contributed by atoms with Crippen molar-refractivity contribution in [2.24, 2.45) is 11.7 Å². The van der Waals surface area contributed by atoms with Gasteiger partial charge in [-0.25, -0.2) is 13.2 Å². The van der Waals surface area contributed by atoms with E-state index >= 15 is 0 Å². The first-order valence-corrected chi connectivity index (χ1v) is 10.3. The zero-order chi connectivity index (χ0) is 20.8. The number of carbonyl (C=O) groups excluding carboxylic acids is 2. The molecule has 28 heavy (non-hydrogen) atoms. The Balaban J connectivity index is 2.33. The summed E-state index contributed by atoms with van der Waals surface area (Å²) in [5.41, 5.74) is 3.74. The molecule has 2 unspecified atom stereocenters. The van der Waals surface area contributed by atoms with Crippen molar-refractivity contribution in [1.82, 2.24) is 4.72 Å². The second-order valence-corrected chi connectivity index (χ2v) is 8.14. The van der Waals surface area contributed by atoms with E-state index < -0.39 is 33.4 Å². The number of rotatable bonds is 7. The van der Waals surface area contributed by atoms with Gasteiger partial charge >= 0.3 is 5.97 Å². The summed E-state index contributed by atoms with van der Waals surface area (Å²) < 4.78 is 38.5. The van der Waals surface area contributed by atoms with E-state index in [-0.39, 0.29) is 17.9 Å². The molecule has 1 aromatic rings. The van der Waals surface area contributed by atoms with Gasteiger partial charge in [0.05, 0.1) is 17.9 Å². The van der Waals surface area contributed by atoms with Crippen LogP contribution in [0.4, 0.5) is 0 Å². The van der Waals surface area contributed by atoms with Gasteiger partial charge in [-0.2, -0.15) is 4.72 Å². The minimum Gasteiger partial charge on any atom is -0.481 e. The molecule has 1 aliphatic rings. The molecule has 1 saturated carbocycles. The molecule has 1 fully saturated rings. The van der Waals surface area contributed by atoms with Crippen LogP contribution in [0.3, 0.4) is 0 Å². The molecule has 0 spiro atoms. The molecule has 8 nitrogen and oxygen atoms in total. The summed E-state index contributed by atoms with van der Waals surface area (Å²) in [7, 11) is -2.97. The second-order valence-electron chi connectivity index (χ2n) is 6.46. The fraction of sp³-hybridized carbons (Fsp3) is 0.474. The molecule has 1 aliphatic carbocycles. The Bertz CT molecular complexity index is 885. The third kappa shape index (κ3) is 4.64. The van der Waals surface area contributed by atoms with Crippen molar-refractivity contribution in [3.8, 4) is 17.6 Å². The SMILES string of the molecule is CC#CCOc1ccc(S(=O)(=O)NC2(C(=O)OC)CCCCC2C(N)=O)cc1. The van der Waals surface area contributed by atoms with Gasteiger partial charge in [0.1, 0.15) is 17.9 Å². The number of ether oxygens (including phenoxy) is 2. The highest BCUT2D eigenvalue weighted by Crippen LogP contribution is 2.36. The number of primary amides is 1. The van der Waals surface area contributed by atoms with E-state index in [0.717, 1.165) is 7.11 Å². The standard InChI is InChI=1S/C19H24N2O6S/c1-3-4-13-27-14-8-10-15(11-9-14)28(24,25)21-19(18(23)26-2)12-6-5-7-16(19)17(20)22/h8-11,16,21H,5-7,12-13H2,1-2H3,(H2,20,22). The fourth-order valence-electron chi connectivity index (χ4n) is 3.35. The molecule has 0 aliphatic heterocycles. The number of amides is 1. The monoisotopic (exact) mass is 408 g/mol. The van der Waals surface area contributed by atoms with Crippen LogP contribution >= 0.6 is 0 Å². The maximum atomic E-state index is 12.9. The van der Waals surface area contributed by atoms with Crippen molar-refractivity contribution in [2.75, 3.05) is 13.7 Å². The van der Waals surface area contributed by atoms with Gasteiger partial charge in [-0.15, -0.1) is 5.92 Å². The topological polar surface area (TPSA) is 125 Å². The fourth-order valence-corrected chi connectivity index (χ4v) is 4.77. The van der Waals surface area contributed by atoms with E-state index in [0.29, 0.717) is 25.0 Å². The molecule has 0 bridgehead atoms. The Morgan fingerprint density at radius 1 is 1.29 bits per heavy atom. The van der Waals surface area contributed by atoms with Crippen molar-refractivity contribution >= 4 is 21.9 Å². The Morgan fingerprint density at radius 2 is 1.96 bits per heavy atom. The smallest absolute Gasteiger partial charge is 0.327 e. The van der Waals surface area contributed by atoms with Gasteiger partial charge in [-0.05, 0) is 44.0 Å². The van der Waals surface area contributed by atoms with Gasteiger partial charge in [-0.3, -0.25) is 4.79 Å². The number of methoxy groups -OCH3 is 1. The Kier molecular flexibility index (Phi) is 7.05. The van der Waals surface area contributed by atoms with Crippen LogP contribution < -0.4 is 15.2 Å². The van der Waals surface area contributed by atoms with Gasteiger partial charge in [0.2, 0.25) is 15.9 Å². The predicted octanol–water partition coefficient (Wildman–Crippen LogP) is 0.954. The van der Waals surface area contributed by atoms with Crippen LogP contribution in [-0.2, 0) is 24.3 Å². The van der Waals surface area contributed by atoms with Crippen molar-refractivity contribution in [2.45, 2.75) is 43.0 Å². The van der Waals surface area contributed by atoms with Gasteiger partial charge in [-0.1, -0.05) is 18.8 Å². The van der Waals surface area contributed by atoms with Gasteiger partial charge in [0.15, 0.2) is 0 Å². The van der Waals surface area contributed by atoms with Crippen LogP contribution in [0, 0.1) is 17.8 Å². The molecular weight excluding hydrogens is 384 g/mol. The van der Waals surface area contributed by atoms with Crippen LogP contribution in [0.1, 0.15) is 32.6 Å². The lowest BCUT2D eigenvalue weighted by molar-refractivity contribution is -0.154. The van der Waals surface area contributed by atoms with Gasteiger partial charge in [0, 0.05) is 0 Å². The summed E-state index contributed by atoms with van der Waals surface area (Å²) in [5, 5.41) is 0. The van der Waals surface area contributed by atoms with Crippen LogP contribution in [0.2, 0.25) is 0 Å². The Hall–Kier alpha value is -2.57. The van der Waals surface area contributed by atoms with Gasteiger partial charge < -0.3 is 15.2 Å². The number of benzene rings is 1. The maximum absolute atomic E-state index is 12.9. The van der Waals surface area contributed by atoms with Crippen LogP contribution in [0.5, 0.6) is 5.75 Å². The lowest BCUT2D eigenvalue weighted by Crippen LogP contribution is -2.63. The summed E-state index contributed by atoms with van der Waals surface area (Å²) >= 11 is 0. The van der Waals surface area contributed by atoms with E-state index in [4.69, 9.17) is 15.2 Å². The minimum atomic E-state index is -4.12. The second kappa shape index (κ2) is 9.08. The molecule has 1 aromatic carbocycles. The first-order chi connectivity index (χ1) is 13.3. The van der Waals surface area contributed by atoms with E-state index in [1.54, 1.807) is 6.92 Å². The molecule has 0 aromatic heterocycles. The highest BCUT2D eigenvalue weighted by molar-refractivity contribution is 7.89. The van der Waals surface area contributed by atoms with Crippen molar-refractivity contribution in [1.29, 1.82) is 0 Å². The Morgan fingerprint density at radius 3 is 2.54 bits per heavy atom. The quantitative estimate of drug-likeness (QED) is 0.511. The highest BCUT2D eigenvalue weighted by atomic mass is 32.2. The average Bonchev–Trinajstić information content (AvgIpc) is 2.67. The number of hydrogen-bond donors (Lipinski definition) is 2. The first kappa shape index (κ1) is 21.7. The molecular formula is C19H24N2O6S. The van der Waals surface area contributed by atoms with Crippen LogP contribution in [0.25, 0.3) is 0 Å². The largest absolute Gasteiger partial charge is 0.481 e. The molecule has 1 amide bonds. The third-order valence-corrected chi connectivity index (χ3v) is 6.27. The number of sulfonamides is 1. The first-order valence-electron chi connectivity index (χ1n) is 8.81. The lowest BCUT2D eigenvalue weighted by atomic mass is 9.73. The van der Waals surface area contributed by atoms with E-state index in [1.807, 2.05) is 0 Å². The summed E-state index contributed by atoms with van der Waals surface area (Å²) in [5.74, 6) is 3.33. The van der Waals surface area contributed by atoms with Gasteiger partial charge in [0.25, 0.3) is 0 Å². The average molecular weight is 408 g/mol. The van der Waals surface area contributed by atoms with Crippen molar-refractivity contribution in [3.05, 3.63) is 24.3 Å².